The van der Waals surface area contributed by atoms with Crippen LogP contribution in [-0.2, 0) is 22.6 Å². The molecule has 1 amide bonds. The van der Waals surface area contributed by atoms with Crippen molar-refractivity contribution in [1.82, 2.24) is 0 Å². The van der Waals surface area contributed by atoms with Crippen molar-refractivity contribution < 1.29 is 18.7 Å². The molecule has 5 heteroatoms. The average Bonchev–Trinajstić information content (AvgIpc) is 2.72. The molecule has 3 rings (SSSR count). The molecule has 0 saturated heterocycles. The third-order valence-electron chi connectivity index (χ3n) is 4.08. The first kappa shape index (κ1) is 16.0. The van der Waals surface area contributed by atoms with Gasteiger partial charge in [-0.05, 0) is 42.2 Å². The second kappa shape index (κ2) is 6.69. The minimum absolute atomic E-state index is 0.0987. The molecule has 2 aromatic rings. The lowest BCUT2D eigenvalue weighted by atomic mass is 10.1. The number of carbonyl (C=O) groups is 1. The van der Waals surface area contributed by atoms with Crippen molar-refractivity contribution in [1.29, 1.82) is 0 Å². The summed E-state index contributed by atoms with van der Waals surface area (Å²) in [7, 11) is 1.55. The highest BCUT2D eigenvalue weighted by molar-refractivity contribution is 6.11. The molecular formula is C19H16FNO3. The van der Waals surface area contributed by atoms with Crippen LogP contribution in [-0.4, -0.2) is 19.0 Å². The van der Waals surface area contributed by atoms with Gasteiger partial charge < -0.3 is 9.64 Å². The number of hydrogen-bond acceptors (Lipinski definition) is 3. The van der Waals surface area contributed by atoms with Crippen LogP contribution in [0.15, 0.2) is 48.0 Å². The summed E-state index contributed by atoms with van der Waals surface area (Å²) in [5.74, 6) is 1.60. The van der Waals surface area contributed by atoms with E-state index in [4.69, 9.17) is 4.74 Å². The molecule has 0 N–H and O–H groups in total. The Morgan fingerprint density at radius 1 is 1.21 bits per heavy atom. The maximum Gasteiger partial charge on any atom is 0.265 e. The largest absolute Gasteiger partial charge is 0.497 e. The second-order valence-corrected chi connectivity index (χ2v) is 5.60. The lowest BCUT2D eigenvalue weighted by Crippen LogP contribution is -2.31. The molecule has 1 heterocycles. The van der Waals surface area contributed by atoms with E-state index in [0.29, 0.717) is 29.8 Å². The molecule has 0 atom stereocenters. The highest BCUT2D eigenvalue weighted by atomic mass is 19.1. The molecule has 0 saturated carbocycles. The summed E-state index contributed by atoms with van der Waals surface area (Å²) < 4.78 is 18.7. The van der Waals surface area contributed by atoms with Crippen LogP contribution in [0.3, 0.4) is 0 Å². The zero-order valence-corrected chi connectivity index (χ0v) is 13.2. The minimum atomic E-state index is -0.402. The van der Waals surface area contributed by atoms with Gasteiger partial charge in [0, 0.05) is 6.07 Å². The SMILES string of the molecule is COc1ccc2c(c1)N(Cc1cccc(F)c1)C(=O)C(=C=O)CC2. The van der Waals surface area contributed by atoms with E-state index in [9.17, 15) is 14.0 Å². The number of halogens is 1. The van der Waals surface area contributed by atoms with E-state index in [1.165, 1.54) is 17.0 Å². The van der Waals surface area contributed by atoms with Crippen molar-refractivity contribution in [2.24, 2.45) is 0 Å². The number of carbonyl (C=O) groups excluding carboxylic acids is 2. The molecule has 4 nitrogen and oxygen atoms in total. The highest BCUT2D eigenvalue weighted by Gasteiger charge is 2.27. The van der Waals surface area contributed by atoms with E-state index >= 15 is 0 Å². The van der Waals surface area contributed by atoms with Crippen LogP contribution < -0.4 is 9.64 Å². The summed E-state index contributed by atoms with van der Waals surface area (Å²) >= 11 is 0. The standard InChI is InChI=1S/C19H16FNO3/c1-24-17-8-7-14-5-6-15(12-22)19(23)21(18(14)10-17)11-13-3-2-4-16(20)9-13/h2-4,7-10H,5-6,11H2,1H3. The predicted octanol–water partition coefficient (Wildman–Crippen LogP) is 3.07. The number of anilines is 1. The van der Waals surface area contributed by atoms with E-state index in [0.717, 1.165) is 5.56 Å². The molecule has 0 bridgehead atoms. The molecule has 1 aliphatic rings. The Balaban J connectivity index is 2.08. The Morgan fingerprint density at radius 2 is 2.04 bits per heavy atom. The average molecular weight is 325 g/mol. The number of hydrogen-bond donors (Lipinski definition) is 0. The second-order valence-electron chi connectivity index (χ2n) is 5.60. The third-order valence-corrected chi connectivity index (χ3v) is 4.08. The van der Waals surface area contributed by atoms with Crippen LogP contribution in [0.25, 0.3) is 0 Å². The Morgan fingerprint density at radius 3 is 2.75 bits per heavy atom. The van der Waals surface area contributed by atoms with Gasteiger partial charge in [0.1, 0.15) is 23.1 Å². The highest BCUT2D eigenvalue weighted by Crippen LogP contribution is 2.33. The number of methoxy groups -OCH3 is 1. The lowest BCUT2D eigenvalue weighted by molar-refractivity contribution is -0.115. The lowest BCUT2D eigenvalue weighted by Gasteiger charge is -2.23. The van der Waals surface area contributed by atoms with E-state index in [-0.39, 0.29) is 17.9 Å². The fraction of sp³-hybridized carbons (Fsp3) is 0.211. The quantitative estimate of drug-likeness (QED) is 0.643. The van der Waals surface area contributed by atoms with Crippen molar-refractivity contribution in [3.63, 3.8) is 0 Å². The first-order chi connectivity index (χ1) is 11.6. The predicted molar refractivity (Wildman–Crippen MR) is 88.1 cm³/mol. The number of amides is 1. The monoisotopic (exact) mass is 325 g/mol. The number of fused-ring (bicyclic) bond motifs is 1. The van der Waals surface area contributed by atoms with Gasteiger partial charge in [0.05, 0.1) is 19.3 Å². The van der Waals surface area contributed by atoms with Gasteiger partial charge in [-0.2, -0.15) is 0 Å². The Kier molecular flexibility index (Phi) is 4.45. The third kappa shape index (κ3) is 3.07. The molecule has 0 aliphatic carbocycles. The maximum absolute atomic E-state index is 13.5. The molecule has 122 valence electrons. The number of ether oxygens (including phenoxy) is 1. The van der Waals surface area contributed by atoms with Crippen LogP contribution in [0.5, 0.6) is 5.75 Å². The zero-order valence-electron chi connectivity index (χ0n) is 13.2. The van der Waals surface area contributed by atoms with E-state index in [1.807, 2.05) is 12.1 Å². The number of rotatable bonds is 3. The van der Waals surface area contributed by atoms with Gasteiger partial charge in [-0.3, -0.25) is 4.79 Å². The van der Waals surface area contributed by atoms with Crippen molar-refractivity contribution in [3.05, 3.63) is 65.0 Å². The van der Waals surface area contributed by atoms with Crippen molar-refractivity contribution in [2.75, 3.05) is 12.0 Å². The minimum Gasteiger partial charge on any atom is -0.497 e. The first-order valence-electron chi connectivity index (χ1n) is 7.59. The Bertz CT molecular complexity index is 840. The molecule has 1 aliphatic heterocycles. The van der Waals surface area contributed by atoms with E-state index in [1.54, 1.807) is 31.3 Å². The van der Waals surface area contributed by atoms with Gasteiger partial charge in [-0.25, -0.2) is 9.18 Å². The van der Waals surface area contributed by atoms with Crippen molar-refractivity contribution in [2.45, 2.75) is 19.4 Å². The van der Waals surface area contributed by atoms with Crippen LogP contribution in [0.4, 0.5) is 10.1 Å². The summed E-state index contributed by atoms with van der Waals surface area (Å²) in [6.07, 6.45) is 0.899. The summed E-state index contributed by atoms with van der Waals surface area (Å²) in [5, 5.41) is 0. The molecule has 0 unspecified atom stereocenters. The molecule has 0 aromatic heterocycles. The number of nitrogens with zero attached hydrogens (tertiary/aromatic N) is 1. The smallest absolute Gasteiger partial charge is 0.265 e. The van der Waals surface area contributed by atoms with Gasteiger partial charge >= 0.3 is 0 Å². The summed E-state index contributed by atoms with van der Waals surface area (Å²) in [6, 6.07) is 11.5. The van der Waals surface area contributed by atoms with Crippen LogP contribution in [0, 0.1) is 5.82 Å². The molecule has 0 spiro atoms. The first-order valence-corrected chi connectivity index (χ1v) is 7.59. The van der Waals surface area contributed by atoms with Crippen molar-refractivity contribution >= 4 is 17.5 Å². The fourth-order valence-electron chi connectivity index (χ4n) is 2.84. The Labute approximate surface area is 139 Å². The van der Waals surface area contributed by atoms with Crippen molar-refractivity contribution in [3.8, 4) is 5.75 Å². The summed E-state index contributed by atoms with van der Waals surface area (Å²) in [4.78, 5) is 25.4. The van der Waals surface area contributed by atoms with E-state index < -0.39 is 5.91 Å². The topological polar surface area (TPSA) is 46.6 Å². The van der Waals surface area contributed by atoms with Gasteiger partial charge in [0.15, 0.2) is 0 Å². The van der Waals surface area contributed by atoms with Crippen LogP contribution in [0.2, 0.25) is 0 Å². The molecule has 0 fully saturated rings. The van der Waals surface area contributed by atoms with Crippen LogP contribution in [0.1, 0.15) is 17.5 Å². The summed E-state index contributed by atoms with van der Waals surface area (Å²) in [5.41, 5.74) is 2.35. The summed E-state index contributed by atoms with van der Waals surface area (Å²) in [6.45, 7) is 0.169. The normalized spacial score (nSPS) is 14.0. The molecule has 0 radical (unpaired) electrons. The molecular weight excluding hydrogens is 309 g/mol. The zero-order chi connectivity index (χ0) is 17.1. The number of aryl methyl sites for hydroxylation is 1. The maximum atomic E-state index is 13.5. The van der Waals surface area contributed by atoms with Gasteiger partial charge in [0.2, 0.25) is 0 Å². The van der Waals surface area contributed by atoms with Gasteiger partial charge in [0.25, 0.3) is 5.91 Å². The van der Waals surface area contributed by atoms with Gasteiger partial charge in [-0.15, -0.1) is 0 Å². The van der Waals surface area contributed by atoms with E-state index in [2.05, 4.69) is 0 Å². The van der Waals surface area contributed by atoms with Gasteiger partial charge in [-0.1, -0.05) is 18.2 Å². The van der Waals surface area contributed by atoms with Crippen LogP contribution >= 0.6 is 0 Å². The Hall–Kier alpha value is -2.91. The molecule has 2 aromatic carbocycles. The number of benzene rings is 2. The fourth-order valence-corrected chi connectivity index (χ4v) is 2.84. The molecule has 24 heavy (non-hydrogen) atoms.